The molecule has 6 nitrogen and oxygen atoms in total. The Morgan fingerprint density at radius 2 is 1.97 bits per heavy atom. The van der Waals surface area contributed by atoms with E-state index in [1.807, 2.05) is 6.07 Å². The van der Waals surface area contributed by atoms with Crippen LogP contribution < -0.4 is 8.92 Å². The number of Topliss-reactive ketones (excluding diaryl/α,β-unsaturated/α-hetero) is 1. The molecule has 4 aliphatic rings. The number of carbonyl (C=O) groups excluding carboxylic acids is 1. The molecule has 0 radical (unpaired) electrons. The molecule has 1 saturated heterocycles. The molecule has 6 rings (SSSR count). The maximum atomic E-state index is 12.9. The SMILES string of the molecule is CN1CC[C@]23c4c5ccc(OS(=O)(=O)c6ccccc6)c4O[C@H]2C(=O)CC[C@H]3[C@H]1C5. The van der Waals surface area contributed by atoms with Crippen LogP contribution in [0.3, 0.4) is 0 Å². The van der Waals surface area contributed by atoms with Gasteiger partial charge in [-0.2, -0.15) is 8.42 Å². The smallest absolute Gasteiger partial charge is 0.339 e. The fourth-order valence-corrected chi connectivity index (χ4v) is 7.28. The third-order valence-corrected chi connectivity index (χ3v) is 8.85. The summed E-state index contributed by atoms with van der Waals surface area (Å²) in [7, 11) is -1.83. The van der Waals surface area contributed by atoms with E-state index in [4.69, 9.17) is 8.92 Å². The van der Waals surface area contributed by atoms with E-state index in [0.29, 0.717) is 24.1 Å². The number of hydrogen-bond donors (Lipinski definition) is 0. The maximum Gasteiger partial charge on any atom is 0.339 e. The molecule has 30 heavy (non-hydrogen) atoms. The Hall–Kier alpha value is -2.38. The van der Waals surface area contributed by atoms with Crippen LogP contribution in [0.15, 0.2) is 47.4 Å². The minimum Gasteiger partial charge on any atom is -0.477 e. The number of nitrogens with zero attached hydrogens (tertiary/aromatic N) is 1. The van der Waals surface area contributed by atoms with Gasteiger partial charge in [0.05, 0.1) is 0 Å². The summed E-state index contributed by atoms with van der Waals surface area (Å²) >= 11 is 0. The first kappa shape index (κ1) is 18.4. The van der Waals surface area contributed by atoms with E-state index in [9.17, 15) is 13.2 Å². The van der Waals surface area contributed by atoms with Crippen molar-refractivity contribution in [1.82, 2.24) is 4.90 Å². The van der Waals surface area contributed by atoms with Crippen LogP contribution in [0.5, 0.6) is 11.5 Å². The van der Waals surface area contributed by atoms with Crippen molar-refractivity contribution in [3.8, 4) is 11.5 Å². The molecule has 0 N–H and O–H groups in total. The molecule has 2 aromatic rings. The Morgan fingerprint density at radius 1 is 1.17 bits per heavy atom. The van der Waals surface area contributed by atoms with Gasteiger partial charge in [-0.3, -0.25) is 4.79 Å². The van der Waals surface area contributed by atoms with Crippen LogP contribution in [0, 0.1) is 5.92 Å². The van der Waals surface area contributed by atoms with Crippen molar-refractivity contribution in [3.63, 3.8) is 0 Å². The number of carbonyl (C=O) groups is 1. The minimum atomic E-state index is -3.99. The molecule has 2 aliphatic heterocycles. The van der Waals surface area contributed by atoms with Crippen molar-refractivity contribution < 1.29 is 22.1 Å². The van der Waals surface area contributed by atoms with Gasteiger partial charge in [0.25, 0.3) is 0 Å². The molecule has 156 valence electrons. The molecule has 1 saturated carbocycles. The Morgan fingerprint density at radius 3 is 2.77 bits per heavy atom. The summed E-state index contributed by atoms with van der Waals surface area (Å²) in [6.45, 7) is 0.903. The van der Waals surface area contributed by atoms with Crippen molar-refractivity contribution in [2.24, 2.45) is 5.92 Å². The number of piperidine rings is 1. The van der Waals surface area contributed by atoms with Crippen LogP contribution in [-0.4, -0.2) is 44.8 Å². The fraction of sp³-hybridized carbons (Fsp3) is 0.435. The predicted molar refractivity (Wildman–Crippen MR) is 109 cm³/mol. The molecule has 2 aliphatic carbocycles. The highest BCUT2D eigenvalue weighted by molar-refractivity contribution is 7.87. The number of likely N-dealkylation sites (N-methyl/N-ethyl adjacent to an activating group) is 1. The Bertz CT molecular complexity index is 1160. The van der Waals surface area contributed by atoms with Gasteiger partial charge in [-0.15, -0.1) is 0 Å². The summed E-state index contributed by atoms with van der Waals surface area (Å²) < 4.78 is 37.5. The van der Waals surface area contributed by atoms with E-state index >= 15 is 0 Å². The lowest BCUT2D eigenvalue weighted by Gasteiger charge is -2.57. The number of rotatable bonds is 3. The second-order valence-corrected chi connectivity index (χ2v) is 10.5. The standard InChI is InChI=1S/C23H23NO5S/c1-24-12-11-23-16-8-9-18(25)22(23)28-21-19(10-7-14(20(21)23)13-17(16)24)29-30(26,27)15-5-3-2-4-6-15/h2-7,10,16-17,22H,8-9,11-13H2,1H3/t16-,17+,22-,23-/m0/s1. The third kappa shape index (κ3) is 2.28. The first-order chi connectivity index (χ1) is 14.4. The zero-order chi connectivity index (χ0) is 20.7. The Balaban J connectivity index is 1.50. The second-order valence-electron chi connectivity index (χ2n) is 8.93. The van der Waals surface area contributed by atoms with E-state index in [2.05, 4.69) is 11.9 Å². The zero-order valence-electron chi connectivity index (χ0n) is 16.7. The van der Waals surface area contributed by atoms with Crippen LogP contribution in [-0.2, 0) is 26.7 Å². The average molecular weight is 426 g/mol. The molecule has 7 heteroatoms. The summed E-state index contributed by atoms with van der Waals surface area (Å²) in [4.78, 5) is 15.4. The third-order valence-electron chi connectivity index (χ3n) is 7.60. The number of benzene rings is 2. The van der Waals surface area contributed by atoms with Crippen molar-refractivity contribution in [2.45, 2.75) is 48.1 Å². The van der Waals surface area contributed by atoms with Gasteiger partial charge < -0.3 is 13.8 Å². The molecule has 2 aromatic carbocycles. The second kappa shape index (κ2) is 6.08. The number of ketones is 1. The van der Waals surface area contributed by atoms with E-state index in [0.717, 1.165) is 36.9 Å². The van der Waals surface area contributed by atoms with Gasteiger partial charge in [0, 0.05) is 23.4 Å². The zero-order valence-corrected chi connectivity index (χ0v) is 17.5. The number of ether oxygens (including phenoxy) is 1. The van der Waals surface area contributed by atoms with Gasteiger partial charge in [0.15, 0.2) is 23.4 Å². The van der Waals surface area contributed by atoms with Gasteiger partial charge >= 0.3 is 10.1 Å². The van der Waals surface area contributed by atoms with Crippen LogP contribution in [0.2, 0.25) is 0 Å². The van der Waals surface area contributed by atoms with Crippen molar-refractivity contribution in [2.75, 3.05) is 13.6 Å². The molecule has 1 spiro atoms. The minimum absolute atomic E-state index is 0.0943. The maximum absolute atomic E-state index is 12.9. The lowest BCUT2D eigenvalue weighted by atomic mass is 9.52. The quantitative estimate of drug-likeness (QED) is 0.704. The Labute approximate surface area is 175 Å². The van der Waals surface area contributed by atoms with Crippen LogP contribution >= 0.6 is 0 Å². The highest BCUT2D eigenvalue weighted by Crippen LogP contribution is 2.63. The highest BCUT2D eigenvalue weighted by Gasteiger charge is 2.65. The molecule has 0 aromatic heterocycles. The molecular formula is C23H23NO5S. The molecule has 0 amide bonds. The van der Waals surface area contributed by atoms with E-state index < -0.39 is 16.2 Å². The lowest BCUT2D eigenvalue weighted by molar-refractivity contribution is -0.138. The van der Waals surface area contributed by atoms with Gasteiger partial charge in [-0.1, -0.05) is 24.3 Å². The van der Waals surface area contributed by atoms with Gasteiger partial charge in [-0.05, 0) is 62.5 Å². The fourth-order valence-electron chi connectivity index (χ4n) is 6.33. The van der Waals surface area contributed by atoms with Crippen molar-refractivity contribution >= 4 is 15.9 Å². The molecule has 2 bridgehead atoms. The highest BCUT2D eigenvalue weighted by atomic mass is 32.2. The largest absolute Gasteiger partial charge is 0.477 e. The first-order valence-electron chi connectivity index (χ1n) is 10.5. The number of hydrogen-bond acceptors (Lipinski definition) is 6. The predicted octanol–water partition coefficient (Wildman–Crippen LogP) is 2.69. The van der Waals surface area contributed by atoms with E-state index in [-0.39, 0.29) is 21.8 Å². The summed E-state index contributed by atoms with van der Waals surface area (Å²) in [6.07, 6.45) is 2.58. The van der Waals surface area contributed by atoms with Crippen LogP contribution in [0.4, 0.5) is 0 Å². The van der Waals surface area contributed by atoms with Crippen molar-refractivity contribution in [1.29, 1.82) is 0 Å². The molecule has 2 heterocycles. The van der Waals surface area contributed by atoms with Crippen molar-refractivity contribution in [3.05, 3.63) is 53.6 Å². The average Bonchev–Trinajstić information content (AvgIpc) is 3.10. The molecule has 0 unspecified atom stereocenters. The summed E-state index contributed by atoms with van der Waals surface area (Å²) in [5, 5.41) is 0. The van der Waals surface area contributed by atoms with Gasteiger partial charge in [-0.25, -0.2) is 0 Å². The summed E-state index contributed by atoms with van der Waals surface area (Å²) in [5.41, 5.74) is 1.82. The Kier molecular flexibility index (Phi) is 3.73. The molecule has 2 fully saturated rings. The monoisotopic (exact) mass is 425 g/mol. The van der Waals surface area contributed by atoms with E-state index in [1.54, 1.807) is 24.3 Å². The number of likely N-dealkylation sites (tertiary alicyclic amines) is 1. The van der Waals surface area contributed by atoms with Gasteiger partial charge in [0.1, 0.15) is 4.90 Å². The normalized spacial score (nSPS) is 31.8. The molecule has 4 atom stereocenters. The first-order valence-corrected chi connectivity index (χ1v) is 11.9. The van der Waals surface area contributed by atoms with Crippen LogP contribution in [0.25, 0.3) is 0 Å². The molecular weight excluding hydrogens is 402 g/mol. The van der Waals surface area contributed by atoms with Gasteiger partial charge in [0.2, 0.25) is 0 Å². The lowest BCUT2D eigenvalue weighted by Crippen LogP contribution is -2.65. The van der Waals surface area contributed by atoms with E-state index in [1.165, 1.54) is 12.1 Å². The summed E-state index contributed by atoms with van der Waals surface area (Å²) in [5.74, 6) is 1.11. The summed E-state index contributed by atoms with van der Waals surface area (Å²) in [6, 6.07) is 12.1. The van der Waals surface area contributed by atoms with Crippen LogP contribution in [0.1, 0.15) is 30.4 Å². The topological polar surface area (TPSA) is 72.9 Å².